The summed E-state index contributed by atoms with van der Waals surface area (Å²) >= 11 is 0. The van der Waals surface area contributed by atoms with Crippen LogP contribution in [0.15, 0.2) is 78.9 Å². The van der Waals surface area contributed by atoms with Gasteiger partial charge >= 0.3 is 0 Å². The Morgan fingerprint density at radius 1 is 0.600 bits per heavy atom. The second-order valence-corrected chi connectivity index (χ2v) is 6.60. The van der Waals surface area contributed by atoms with E-state index in [-0.39, 0.29) is 5.39 Å². The summed E-state index contributed by atoms with van der Waals surface area (Å²) in [5.41, 5.74) is 3.37. The van der Waals surface area contributed by atoms with Crippen LogP contribution < -0.4 is 4.74 Å². The van der Waals surface area contributed by atoms with Crippen LogP contribution in [-0.2, 0) is 0 Å². The lowest BCUT2D eigenvalue weighted by Crippen LogP contribution is -1.86. The molecule has 4 aromatic rings. The average Bonchev–Trinajstić information content (AvgIpc) is 2.80. The summed E-state index contributed by atoms with van der Waals surface area (Å²) in [5, 5.41) is 0.866. The number of fused-ring (bicyclic) bond motifs is 1. The number of halogens is 2. The third-order valence-corrected chi connectivity index (χ3v) is 4.58. The molecular formula is C27H16F2O. The molecule has 0 N–H and O–H groups in total. The molecule has 0 heterocycles. The molecule has 144 valence electrons. The molecule has 0 saturated carbocycles. The predicted octanol–water partition coefficient (Wildman–Crippen LogP) is 5.93. The normalized spacial score (nSPS) is 9.97. The zero-order chi connectivity index (χ0) is 20.9. The number of benzene rings is 4. The van der Waals surface area contributed by atoms with Crippen molar-refractivity contribution in [2.45, 2.75) is 0 Å². The molecule has 0 bridgehead atoms. The maximum Gasteiger partial charge on any atom is 0.166 e. The molecule has 0 atom stereocenters. The van der Waals surface area contributed by atoms with Crippen molar-refractivity contribution in [1.82, 2.24) is 0 Å². The Kier molecular flexibility index (Phi) is 5.46. The molecule has 0 amide bonds. The van der Waals surface area contributed by atoms with Crippen LogP contribution in [0.25, 0.3) is 10.8 Å². The molecule has 0 saturated heterocycles. The first-order valence-electron chi connectivity index (χ1n) is 9.28. The van der Waals surface area contributed by atoms with Crippen molar-refractivity contribution in [3.8, 4) is 29.4 Å². The Labute approximate surface area is 173 Å². The molecule has 0 spiro atoms. The van der Waals surface area contributed by atoms with Gasteiger partial charge in [0.25, 0.3) is 0 Å². The van der Waals surface area contributed by atoms with E-state index >= 15 is 0 Å². The minimum atomic E-state index is -0.850. The zero-order valence-corrected chi connectivity index (χ0v) is 16.2. The van der Waals surface area contributed by atoms with Crippen LogP contribution in [0.3, 0.4) is 0 Å². The van der Waals surface area contributed by atoms with E-state index in [1.807, 2.05) is 48.5 Å². The van der Waals surface area contributed by atoms with Gasteiger partial charge in [-0.25, -0.2) is 8.78 Å². The van der Waals surface area contributed by atoms with Crippen LogP contribution in [0.1, 0.15) is 22.3 Å². The van der Waals surface area contributed by atoms with Gasteiger partial charge < -0.3 is 4.74 Å². The summed E-state index contributed by atoms with van der Waals surface area (Å²) < 4.78 is 32.3. The van der Waals surface area contributed by atoms with Crippen LogP contribution >= 0.6 is 0 Å². The second kappa shape index (κ2) is 8.52. The minimum absolute atomic E-state index is 0.250. The number of ether oxygens (including phenoxy) is 1. The molecule has 1 nitrogen and oxygen atoms in total. The van der Waals surface area contributed by atoms with Gasteiger partial charge in [-0.2, -0.15) is 0 Å². The largest absolute Gasteiger partial charge is 0.497 e. The third kappa shape index (κ3) is 4.32. The van der Waals surface area contributed by atoms with Crippen molar-refractivity contribution < 1.29 is 13.5 Å². The van der Waals surface area contributed by atoms with Crippen molar-refractivity contribution in [1.29, 1.82) is 0 Å². The molecule has 0 aliphatic heterocycles. The lowest BCUT2D eigenvalue weighted by molar-refractivity contribution is 0.415. The average molecular weight is 394 g/mol. The molecule has 0 aliphatic carbocycles. The van der Waals surface area contributed by atoms with E-state index in [9.17, 15) is 8.78 Å². The summed E-state index contributed by atoms with van der Waals surface area (Å²) in [4.78, 5) is 0. The Hall–Kier alpha value is -4.08. The fourth-order valence-corrected chi connectivity index (χ4v) is 2.94. The summed E-state index contributed by atoms with van der Waals surface area (Å²) in [6.07, 6.45) is 0. The predicted molar refractivity (Wildman–Crippen MR) is 115 cm³/mol. The Morgan fingerprint density at radius 2 is 1.10 bits per heavy atom. The second-order valence-electron chi connectivity index (χ2n) is 6.60. The maximum atomic E-state index is 13.8. The van der Waals surface area contributed by atoms with Gasteiger partial charge in [0.15, 0.2) is 11.6 Å². The lowest BCUT2D eigenvalue weighted by atomic mass is 10.1. The first kappa shape index (κ1) is 19.2. The molecule has 4 aromatic carbocycles. The van der Waals surface area contributed by atoms with Gasteiger partial charge in [-0.1, -0.05) is 35.8 Å². The van der Waals surface area contributed by atoms with E-state index < -0.39 is 11.6 Å². The number of hydrogen-bond donors (Lipinski definition) is 0. The molecule has 0 aromatic heterocycles. The van der Waals surface area contributed by atoms with Crippen LogP contribution in [0.5, 0.6) is 5.75 Å². The molecule has 0 aliphatic rings. The lowest BCUT2D eigenvalue weighted by Gasteiger charge is -2.01. The fourth-order valence-electron chi connectivity index (χ4n) is 2.94. The zero-order valence-electron chi connectivity index (χ0n) is 16.2. The number of methoxy groups -OCH3 is 1. The summed E-state index contributed by atoms with van der Waals surface area (Å²) in [6, 6.07) is 22.9. The molecule has 0 unspecified atom stereocenters. The summed E-state index contributed by atoms with van der Waals surface area (Å²) in [5.74, 6) is 11.5. The summed E-state index contributed by atoms with van der Waals surface area (Å²) in [6.45, 7) is 0. The van der Waals surface area contributed by atoms with Gasteiger partial charge in [0, 0.05) is 27.6 Å². The van der Waals surface area contributed by atoms with Crippen LogP contribution in [0.4, 0.5) is 8.78 Å². The van der Waals surface area contributed by atoms with E-state index in [2.05, 4.69) is 23.7 Å². The SMILES string of the molecule is COc1ccc(C#Cc2ccc(C#Cc3ccc4c(F)c(F)ccc4c3)cc2)cc1. The van der Waals surface area contributed by atoms with Gasteiger partial charge in [-0.05, 0) is 72.1 Å². The van der Waals surface area contributed by atoms with Crippen molar-refractivity contribution in [3.05, 3.63) is 113 Å². The standard InChI is InChI=1S/C27H16F2O/c1-30-24-14-10-21(11-15-24)7-6-19-2-4-20(5-3-19)8-9-22-12-16-25-23(18-22)13-17-26(28)27(25)29/h2-5,10-18H,1H3. The Morgan fingerprint density at radius 3 is 1.67 bits per heavy atom. The smallest absolute Gasteiger partial charge is 0.166 e. The van der Waals surface area contributed by atoms with E-state index in [0.29, 0.717) is 5.39 Å². The van der Waals surface area contributed by atoms with Crippen molar-refractivity contribution in [2.75, 3.05) is 7.11 Å². The van der Waals surface area contributed by atoms with E-state index in [0.717, 1.165) is 34.1 Å². The van der Waals surface area contributed by atoms with Crippen molar-refractivity contribution >= 4 is 10.8 Å². The molecule has 0 radical (unpaired) electrons. The van der Waals surface area contributed by atoms with Gasteiger partial charge in [-0.15, -0.1) is 0 Å². The van der Waals surface area contributed by atoms with Crippen molar-refractivity contribution in [3.63, 3.8) is 0 Å². The monoisotopic (exact) mass is 394 g/mol. The summed E-state index contributed by atoms with van der Waals surface area (Å²) in [7, 11) is 1.63. The minimum Gasteiger partial charge on any atom is -0.497 e. The number of hydrogen-bond acceptors (Lipinski definition) is 1. The highest BCUT2D eigenvalue weighted by atomic mass is 19.2. The van der Waals surface area contributed by atoms with Gasteiger partial charge in [0.2, 0.25) is 0 Å². The highest BCUT2D eigenvalue weighted by Crippen LogP contribution is 2.21. The molecule has 3 heteroatoms. The first-order valence-corrected chi connectivity index (χ1v) is 9.28. The maximum absolute atomic E-state index is 13.8. The molecular weight excluding hydrogens is 378 g/mol. The topological polar surface area (TPSA) is 9.23 Å². The van der Waals surface area contributed by atoms with E-state index in [1.165, 1.54) is 0 Å². The van der Waals surface area contributed by atoms with Crippen molar-refractivity contribution in [2.24, 2.45) is 0 Å². The highest BCUT2D eigenvalue weighted by molar-refractivity contribution is 5.84. The van der Waals surface area contributed by atoms with Crippen LogP contribution in [-0.4, -0.2) is 7.11 Å². The molecule has 30 heavy (non-hydrogen) atoms. The van der Waals surface area contributed by atoms with Gasteiger partial charge in [0.05, 0.1) is 7.11 Å². The Balaban J connectivity index is 1.50. The van der Waals surface area contributed by atoms with E-state index in [1.54, 1.807) is 31.4 Å². The third-order valence-electron chi connectivity index (χ3n) is 4.58. The molecule has 0 fully saturated rings. The van der Waals surface area contributed by atoms with Crippen LogP contribution in [0.2, 0.25) is 0 Å². The van der Waals surface area contributed by atoms with Gasteiger partial charge in [0.1, 0.15) is 5.75 Å². The van der Waals surface area contributed by atoms with Crippen LogP contribution in [0, 0.1) is 35.3 Å². The number of rotatable bonds is 1. The fraction of sp³-hybridized carbons (Fsp3) is 0.0370. The Bertz CT molecular complexity index is 1330. The molecule has 4 rings (SSSR count). The van der Waals surface area contributed by atoms with E-state index in [4.69, 9.17) is 4.74 Å². The quantitative estimate of drug-likeness (QED) is 0.364. The van der Waals surface area contributed by atoms with Gasteiger partial charge in [-0.3, -0.25) is 0 Å². The highest BCUT2D eigenvalue weighted by Gasteiger charge is 2.06. The first-order chi connectivity index (χ1) is 14.6.